The van der Waals surface area contributed by atoms with Crippen molar-refractivity contribution in [2.75, 3.05) is 13.7 Å². The Morgan fingerprint density at radius 2 is 1.69 bits per heavy atom. The lowest BCUT2D eigenvalue weighted by Crippen LogP contribution is -2.44. The second kappa shape index (κ2) is 10.1. The molecule has 3 unspecified atom stereocenters. The first kappa shape index (κ1) is 23.0. The van der Waals surface area contributed by atoms with Gasteiger partial charge in [-0.15, -0.1) is 0 Å². The van der Waals surface area contributed by atoms with Crippen LogP contribution in [0.1, 0.15) is 37.7 Å². The molecule has 1 heterocycles. The lowest BCUT2D eigenvalue weighted by Gasteiger charge is -2.35. The van der Waals surface area contributed by atoms with Gasteiger partial charge in [-0.25, -0.2) is 0 Å². The van der Waals surface area contributed by atoms with Crippen LogP contribution >= 0.6 is 0 Å². The number of fused-ring (bicyclic) bond motifs is 1. The molecule has 1 saturated carbocycles. The van der Waals surface area contributed by atoms with E-state index < -0.39 is 16.6 Å². The summed E-state index contributed by atoms with van der Waals surface area (Å²) in [5.41, 5.74) is 1.19. The van der Waals surface area contributed by atoms with Crippen LogP contribution < -0.4 is 4.74 Å². The van der Waals surface area contributed by atoms with Crippen molar-refractivity contribution in [1.82, 2.24) is 0 Å². The zero-order chi connectivity index (χ0) is 20.9. The van der Waals surface area contributed by atoms with Gasteiger partial charge in [-0.1, -0.05) is 18.6 Å². The summed E-state index contributed by atoms with van der Waals surface area (Å²) in [5, 5.41) is 0. The SMILES string of the molecule is COc1ccc(COCCC[Si](C)(C)O[Si](C)(C)CCC2CCC3OC3C2)cc1. The standard InChI is InChI=1S/C23H40O4Si2/c1-24-21-10-7-20(8-11-21)18-25-14-6-15-28(2,3)27-29(4,5)16-13-19-9-12-22-23(17-19)26-22/h7-8,10-11,19,22-23H,6,9,12-18H2,1-5H3. The average molecular weight is 437 g/mol. The van der Waals surface area contributed by atoms with Crippen molar-refractivity contribution >= 4 is 16.6 Å². The van der Waals surface area contributed by atoms with E-state index in [0.29, 0.717) is 18.8 Å². The summed E-state index contributed by atoms with van der Waals surface area (Å²) >= 11 is 0. The van der Waals surface area contributed by atoms with Crippen LogP contribution in [0.4, 0.5) is 0 Å². The van der Waals surface area contributed by atoms with Crippen LogP contribution in [-0.4, -0.2) is 42.6 Å². The average Bonchev–Trinajstić information content (AvgIpc) is 3.44. The van der Waals surface area contributed by atoms with Gasteiger partial charge < -0.3 is 18.3 Å². The molecule has 0 spiro atoms. The van der Waals surface area contributed by atoms with Crippen molar-refractivity contribution in [2.24, 2.45) is 5.92 Å². The topological polar surface area (TPSA) is 40.2 Å². The van der Waals surface area contributed by atoms with E-state index in [0.717, 1.165) is 24.7 Å². The molecule has 0 amide bonds. The third-order valence-corrected chi connectivity index (χ3v) is 13.8. The smallest absolute Gasteiger partial charge is 0.173 e. The van der Waals surface area contributed by atoms with Gasteiger partial charge in [-0.05, 0) is 87.6 Å². The molecule has 1 aromatic carbocycles. The number of rotatable bonds is 12. The van der Waals surface area contributed by atoms with Crippen molar-refractivity contribution in [3.63, 3.8) is 0 Å². The third-order valence-electron chi connectivity index (χ3n) is 6.32. The van der Waals surface area contributed by atoms with Gasteiger partial charge in [-0.3, -0.25) is 0 Å². The Kier molecular flexibility index (Phi) is 8.01. The van der Waals surface area contributed by atoms with E-state index in [4.69, 9.17) is 18.3 Å². The predicted molar refractivity (Wildman–Crippen MR) is 124 cm³/mol. The lowest BCUT2D eigenvalue weighted by atomic mass is 9.88. The van der Waals surface area contributed by atoms with Crippen LogP contribution in [0.25, 0.3) is 0 Å². The van der Waals surface area contributed by atoms with E-state index in [-0.39, 0.29) is 0 Å². The maximum absolute atomic E-state index is 6.82. The number of methoxy groups -OCH3 is 1. The molecule has 164 valence electrons. The van der Waals surface area contributed by atoms with Crippen LogP contribution in [0, 0.1) is 5.92 Å². The Bertz CT molecular complexity index is 632. The van der Waals surface area contributed by atoms with E-state index in [1.165, 1.54) is 43.3 Å². The second-order valence-corrected chi connectivity index (χ2v) is 18.9. The van der Waals surface area contributed by atoms with Gasteiger partial charge >= 0.3 is 0 Å². The van der Waals surface area contributed by atoms with Crippen molar-refractivity contribution in [2.45, 2.75) is 89.2 Å². The Morgan fingerprint density at radius 3 is 2.38 bits per heavy atom. The highest BCUT2D eigenvalue weighted by atomic mass is 28.4. The van der Waals surface area contributed by atoms with Gasteiger partial charge in [0.15, 0.2) is 16.6 Å². The van der Waals surface area contributed by atoms with Gasteiger partial charge in [0.25, 0.3) is 0 Å². The molecule has 6 heteroatoms. The molecule has 3 atom stereocenters. The largest absolute Gasteiger partial charge is 0.497 e. The van der Waals surface area contributed by atoms with Crippen LogP contribution in [0.5, 0.6) is 5.75 Å². The molecule has 29 heavy (non-hydrogen) atoms. The van der Waals surface area contributed by atoms with Gasteiger partial charge in [-0.2, -0.15) is 0 Å². The normalized spacial score (nSPS) is 24.2. The maximum Gasteiger partial charge on any atom is 0.173 e. The predicted octanol–water partition coefficient (Wildman–Crippen LogP) is 5.99. The van der Waals surface area contributed by atoms with E-state index >= 15 is 0 Å². The quantitative estimate of drug-likeness (QED) is 0.229. The number of ether oxygens (including phenoxy) is 3. The van der Waals surface area contributed by atoms with Crippen molar-refractivity contribution < 1.29 is 18.3 Å². The maximum atomic E-state index is 6.82. The fourth-order valence-corrected chi connectivity index (χ4v) is 13.6. The van der Waals surface area contributed by atoms with Crippen molar-refractivity contribution in [1.29, 1.82) is 0 Å². The third kappa shape index (κ3) is 7.83. The first-order chi connectivity index (χ1) is 13.8. The molecule has 1 aromatic rings. The summed E-state index contributed by atoms with van der Waals surface area (Å²) in [6.45, 7) is 11.1. The molecule has 4 nitrogen and oxygen atoms in total. The first-order valence-corrected chi connectivity index (χ1v) is 17.6. The zero-order valence-electron chi connectivity index (χ0n) is 19.0. The van der Waals surface area contributed by atoms with Gasteiger partial charge in [0.2, 0.25) is 0 Å². The molecule has 1 aliphatic carbocycles. The fraction of sp³-hybridized carbons (Fsp3) is 0.739. The lowest BCUT2D eigenvalue weighted by molar-refractivity contribution is 0.121. The summed E-state index contributed by atoms with van der Waals surface area (Å²) in [4.78, 5) is 0. The van der Waals surface area contributed by atoms with Gasteiger partial charge in [0.05, 0.1) is 25.9 Å². The molecule has 3 rings (SSSR count). The molecule has 0 N–H and O–H groups in total. The molecule has 0 aromatic heterocycles. The van der Waals surface area contributed by atoms with E-state index in [1.54, 1.807) is 7.11 Å². The minimum Gasteiger partial charge on any atom is -0.497 e. The highest BCUT2D eigenvalue weighted by Crippen LogP contribution is 2.41. The molecule has 0 radical (unpaired) electrons. The highest BCUT2D eigenvalue weighted by molar-refractivity contribution is 6.84. The van der Waals surface area contributed by atoms with E-state index in [9.17, 15) is 0 Å². The van der Waals surface area contributed by atoms with E-state index in [2.05, 4.69) is 38.3 Å². The Hall–Kier alpha value is -0.666. The van der Waals surface area contributed by atoms with E-state index in [1.807, 2.05) is 12.1 Å². The van der Waals surface area contributed by atoms with Gasteiger partial charge in [0, 0.05) is 6.61 Å². The van der Waals surface area contributed by atoms with Crippen LogP contribution in [0.2, 0.25) is 38.3 Å². The van der Waals surface area contributed by atoms with Crippen molar-refractivity contribution in [3.05, 3.63) is 29.8 Å². The molecule has 0 bridgehead atoms. The monoisotopic (exact) mass is 436 g/mol. The summed E-state index contributed by atoms with van der Waals surface area (Å²) in [7, 11) is -1.53. The molecule has 1 saturated heterocycles. The Labute approximate surface area is 179 Å². The number of hydrogen-bond acceptors (Lipinski definition) is 4. The van der Waals surface area contributed by atoms with Crippen LogP contribution in [0.3, 0.4) is 0 Å². The zero-order valence-corrected chi connectivity index (χ0v) is 21.0. The number of benzene rings is 1. The van der Waals surface area contributed by atoms with Gasteiger partial charge in [0.1, 0.15) is 5.75 Å². The minimum absolute atomic E-state index is 0.600. The second-order valence-electron chi connectivity index (χ2n) is 10.1. The Balaban J connectivity index is 1.30. The van der Waals surface area contributed by atoms with Crippen molar-refractivity contribution in [3.8, 4) is 5.75 Å². The fourth-order valence-electron chi connectivity index (χ4n) is 4.66. The summed E-state index contributed by atoms with van der Waals surface area (Å²) in [6, 6.07) is 10.6. The molecular formula is C23H40O4Si2. The number of hydrogen-bond donors (Lipinski definition) is 0. The highest BCUT2D eigenvalue weighted by Gasteiger charge is 2.44. The first-order valence-electron chi connectivity index (χ1n) is 11.3. The molecule has 1 aliphatic heterocycles. The summed E-state index contributed by atoms with van der Waals surface area (Å²) in [5.74, 6) is 1.75. The molecular weight excluding hydrogens is 396 g/mol. The number of epoxide rings is 1. The molecule has 2 aliphatic rings. The van der Waals surface area contributed by atoms with Crippen LogP contribution in [0.15, 0.2) is 24.3 Å². The summed E-state index contributed by atoms with van der Waals surface area (Å²) < 4.78 is 23.6. The summed E-state index contributed by atoms with van der Waals surface area (Å²) in [6.07, 6.45) is 7.58. The molecule has 2 fully saturated rings. The van der Waals surface area contributed by atoms with Crippen LogP contribution in [-0.2, 0) is 20.2 Å². The minimum atomic E-state index is -1.63. The Morgan fingerprint density at radius 1 is 0.966 bits per heavy atom.